The number of aryl methyl sites for hydroxylation is 1. The number of Topliss-reactive ketones (excluding diaryl/α,β-unsaturated/α-hetero) is 1. The first-order valence-electron chi connectivity index (χ1n) is 7.13. The van der Waals surface area contributed by atoms with E-state index in [2.05, 4.69) is 10.2 Å². The number of thioether (sulfide) groups is 1. The molecule has 118 valence electrons. The molecule has 2 aromatic heterocycles. The highest BCUT2D eigenvalue weighted by molar-refractivity contribution is 7.99. The van der Waals surface area contributed by atoms with E-state index < -0.39 is 0 Å². The van der Waals surface area contributed by atoms with Gasteiger partial charge < -0.3 is 4.74 Å². The standard InChI is InChI=1S/C14H17N3O3S2/c1-9-4-5-12(22-9)11(18)8-21-14-16-15-13(19)17(14)7-10-3-2-6-20-10/h4-5,10H,2-3,6-8H2,1H3,(H,15,19)/t10-/m1/s1. The first-order valence-corrected chi connectivity index (χ1v) is 8.93. The lowest BCUT2D eigenvalue weighted by atomic mass is 10.2. The number of hydrogen-bond donors (Lipinski definition) is 1. The molecule has 1 aliphatic rings. The van der Waals surface area contributed by atoms with E-state index >= 15 is 0 Å². The van der Waals surface area contributed by atoms with Gasteiger partial charge in [0.2, 0.25) is 0 Å². The normalized spacial score (nSPS) is 18.0. The third-order valence-corrected chi connectivity index (χ3v) is 5.50. The number of rotatable bonds is 6. The van der Waals surface area contributed by atoms with E-state index in [1.165, 1.54) is 23.1 Å². The third kappa shape index (κ3) is 3.50. The maximum Gasteiger partial charge on any atom is 0.344 e. The largest absolute Gasteiger partial charge is 0.376 e. The number of H-pyrrole nitrogens is 1. The van der Waals surface area contributed by atoms with Gasteiger partial charge in [-0.3, -0.25) is 9.36 Å². The highest BCUT2D eigenvalue weighted by Gasteiger charge is 2.20. The maximum absolute atomic E-state index is 12.1. The first-order chi connectivity index (χ1) is 10.6. The van der Waals surface area contributed by atoms with Crippen LogP contribution in [-0.2, 0) is 11.3 Å². The molecule has 0 amide bonds. The SMILES string of the molecule is Cc1ccc(C(=O)CSc2n[nH]c(=O)n2C[C@H]2CCCO2)s1. The molecule has 2 aromatic rings. The van der Waals surface area contributed by atoms with Crippen LogP contribution in [-0.4, -0.2) is 39.0 Å². The van der Waals surface area contributed by atoms with Crippen molar-refractivity contribution in [2.75, 3.05) is 12.4 Å². The lowest BCUT2D eigenvalue weighted by Gasteiger charge is -2.10. The van der Waals surface area contributed by atoms with Gasteiger partial charge >= 0.3 is 5.69 Å². The summed E-state index contributed by atoms with van der Waals surface area (Å²) in [5, 5.41) is 7.01. The molecule has 0 unspecified atom stereocenters. The Hall–Kier alpha value is -1.38. The Morgan fingerprint density at radius 1 is 1.59 bits per heavy atom. The van der Waals surface area contributed by atoms with E-state index in [9.17, 15) is 9.59 Å². The summed E-state index contributed by atoms with van der Waals surface area (Å²) in [5.74, 6) is 0.331. The fourth-order valence-corrected chi connectivity index (χ4v) is 4.09. The molecule has 0 aromatic carbocycles. The topological polar surface area (TPSA) is 77.0 Å². The zero-order valence-corrected chi connectivity index (χ0v) is 13.8. The van der Waals surface area contributed by atoms with Crippen molar-refractivity contribution in [1.29, 1.82) is 0 Å². The molecule has 6 nitrogen and oxygen atoms in total. The van der Waals surface area contributed by atoms with Crippen molar-refractivity contribution < 1.29 is 9.53 Å². The molecule has 22 heavy (non-hydrogen) atoms. The van der Waals surface area contributed by atoms with Crippen molar-refractivity contribution in [1.82, 2.24) is 14.8 Å². The minimum atomic E-state index is -0.252. The van der Waals surface area contributed by atoms with Crippen LogP contribution in [0.1, 0.15) is 27.4 Å². The monoisotopic (exact) mass is 339 g/mol. The van der Waals surface area contributed by atoms with E-state index in [-0.39, 0.29) is 23.3 Å². The van der Waals surface area contributed by atoms with Gasteiger partial charge in [-0.2, -0.15) is 0 Å². The average Bonchev–Trinajstić information content (AvgIpc) is 3.22. The first kappa shape index (κ1) is 15.5. The van der Waals surface area contributed by atoms with Crippen LogP contribution in [0.5, 0.6) is 0 Å². The van der Waals surface area contributed by atoms with Crippen LogP contribution in [0.4, 0.5) is 0 Å². The van der Waals surface area contributed by atoms with Gasteiger partial charge in [-0.25, -0.2) is 9.89 Å². The summed E-state index contributed by atoms with van der Waals surface area (Å²) in [5.41, 5.74) is -0.252. The van der Waals surface area contributed by atoms with Crippen LogP contribution < -0.4 is 5.69 Å². The van der Waals surface area contributed by atoms with Crippen LogP contribution in [0.25, 0.3) is 0 Å². The molecule has 8 heteroatoms. The Balaban J connectivity index is 1.65. The summed E-state index contributed by atoms with van der Waals surface area (Å²) in [6.07, 6.45) is 2.04. The van der Waals surface area contributed by atoms with Gasteiger partial charge in [0.05, 0.1) is 23.3 Å². The van der Waals surface area contributed by atoms with Crippen LogP contribution in [0, 0.1) is 6.92 Å². The molecular formula is C14H17N3O3S2. The van der Waals surface area contributed by atoms with Crippen molar-refractivity contribution in [3.63, 3.8) is 0 Å². The number of thiophene rings is 1. The zero-order chi connectivity index (χ0) is 15.5. The molecule has 0 spiro atoms. The molecule has 1 aliphatic heterocycles. The quantitative estimate of drug-likeness (QED) is 0.644. The van der Waals surface area contributed by atoms with E-state index in [1.54, 1.807) is 4.57 Å². The van der Waals surface area contributed by atoms with Crippen LogP contribution >= 0.6 is 23.1 Å². The van der Waals surface area contributed by atoms with E-state index in [1.807, 2.05) is 19.1 Å². The summed E-state index contributed by atoms with van der Waals surface area (Å²) >= 11 is 2.77. The number of ether oxygens (including phenoxy) is 1. The summed E-state index contributed by atoms with van der Waals surface area (Å²) < 4.78 is 7.12. The molecular weight excluding hydrogens is 322 g/mol. The van der Waals surface area contributed by atoms with Crippen molar-refractivity contribution in [3.05, 3.63) is 32.4 Å². The third-order valence-electron chi connectivity index (χ3n) is 3.48. The molecule has 1 atom stereocenters. The number of hydrogen-bond acceptors (Lipinski definition) is 6. The van der Waals surface area contributed by atoms with E-state index in [0.717, 1.165) is 29.2 Å². The molecule has 0 bridgehead atoms. The Morgan fingerprint density at radius 2 is 2.45 bits per heavy atom. The lowest BCUT2D eigenvalue weighted by Crippen LogP contribution is -2.25. The van der Waals surface area contributed by atoms with E-state index in [0.29, 0.717) is 11.7 Å². The fraction of sp³-hybridized carbons (Fsp3) is 0.500. The Labute approximate surface area is 135 Å². The number of aromatic nitrogens is 3. The molecule has 1 fully saturated rings. The zero-order valence-electron chi connectivity index (χ0n) is 12.2. The predicted octanol–water partition coefficient (Wildman–Crippen LogP) is 2.10. The summed E-state index contributed by atoms with van der Waals surface area (Å²) in [7, 11) is 0. The Bertz CT molecular complexity index is 713. The molecule has 1 saturated heterocycles. The number of carbonyl (C=O) groups excluding carboxylic acids is 1. The van der Waals surface area contributed by atoms with Gasteiger partial charge in [-0.05, 0) is 31.9 Å². The molecule has 3 rings (SSSR count). The van der Waals surface area contributed by atoms with Gasteiger partial charge in [0.25, 0.3) is 0 Å². The minimum absolute atomic E-state index is 0.0576. The number of aromatic amines is 1. The van der Waals surface area contributed by atoms with Crippen molar-refractivity contribution in [2.24, 2.45) is 0 Å². The van der Waals surface area contributed by atoms with Crippen LogP contribution in [0.15, 0.2) is 22.1 Å². The molecule has 1 N–H and O–H groups in total. The number of nitrogens with zero attached hydrogens (tertiary/aromatic N) is 2. The smallest absolute Gasteiger partial charge is 0.344 e. The summed E-state index contributed by atoms with van der Waals surface area (Å²) in [6.45, 7) is 3.21. The molecule has 0 aliphatic carbocycles. The average molecular weight is 339 g/mol. The summed E-state index contributed by atoms with van der Waals surface area (Å²) in [6, 6.07) is 3.78. The van der Waals surface area contributed by atoms with Gasteiger partial charge in [0.15, 0.2) is 10.9 Å². The Morgan fingerprint density at radius 3 is 3.14 bits per heavy atom. The second kappa shape index (κ2) is 6.80. The Kier molecular flexibility index (Phi) is 4.80. The van der Waals surface area contributed by atoms with Crippen LogP contribution in [0.2, 0.25) is 0 Å². The fourth-order valence-electron chi connectivity index (χ4n) is 2.35. The maximum atomic E-state index is 12.1. The number of nitrogens with one attached hydrogen (secondary N) is 1. The van der Waals surface area contributed by atoms with Gasteiger partial charge in [-0.1, -0.05) is 11.8 Å². The highest BCUT2D eigenvalue weighted by atomic mass is 32.2. The summed E-state index contributed by atoms with van der Waals surface area (Å²) in [4.78, 5) is 25.8. The highest BCUT2D eigenvalue weighted by Crippen LogP contribution is 2.21. The van der Waals surface area contributed by atoms with Crippen molar-refractivity contribution in [3.8, 4) is 0 Å². The second-order valence-electron chi connectivity index (χ2n) is 5.18. The molecule has 0 radical (unpaired) electrons. The lowest BCUT2D eigenvalue weighted by molar-refractivity contribution is 0.0941. The number of carbonyl (C=O) groups is 1. The van der Waals surface area contributed by atoms with Gasteiger partial charge in [-0.15, -0.1) is 16.4 Å². The second-order valence-corrected chi connectivity index (χ2v) is 7.41. The van der Waals surface area contributed by atoms with Gasteiger partial charge in [0.1, 0.15) is 0 Å². The number of ketones is 1. The minimum Gasteiger partial charge on any atom is -0.376 e. The molecule has 0 saturated carbocycles. The predicted molar refractivity (Wildman–Crippen MR) is 85.9 cm³/mol. The van der Waals surface area contributed by atoms with Gasteiger partial charge in [0, 0.05) is 11.5 Å². The molecule has 3 heterocycles. The van der Waals surface area contributed by atoms with Crippen molar-refractivity contribution >= 4 is 28.9 Å². The van der Waals surface area contributed by atoms with E-state index in [4.69, 9.17) is 4.74 Å². The van der Waals surface area contributed by atoms with Crippen LogP contribution in [0.3, 0.4) is 0 Å². The van der Waals surface area contributed by atoms with Crippen molar-refractivity contribution in [2.45, 2.75) is 37.6 Å².